The molecule has 2 heterocycles. The minimum Gasteiger partial charge on any atom is -0.481 e. The largest absolute Gasteiger partial charge is 0.481 e. The number of aliphatic carboxylic acids is 1. The molecule has 1 aliphatic rings. The zero-order valence-corrected chi connectivity index (χ0v) is 16.4. The number of carboxylic acid groups (broad SMARTS) is 1. The molecule has 0 bridgehead atoms. The zero-order chi connectivity index (χ0) is 18.0. The predicted molar refractivity (Wildman–Crippen MR) is 103 cm³/mol. The number of nitrogens with zero attached hydrogens (tertiary/aromatic N) is 1. The van der Waals surface area contributed by atoms with Crippen molar-refractivity contribution in [3.05, 3.63) is 45.1 Å². The highest BCUT2D eigenvalue weighted by atomic mass is 79.9. The van der Waals surface area contributed by atoms with E-state index in [9.17, 15) is 9.59 Å². The summed E-state index contributed by atoms with van der Waals surface area (Å²) in [7, 11) is 0. The number of benzene rings is 1. The van der Waals surface area contributed by atoms with Gasteiger partial charge in [0.2, 0.25) is 0 Å². The number of aromatic amines is 1. The number of anilines is 2. The van der Waals surface area contributed by atoms with Crippen LogP contribution >= 0.6 is 31.9 Å². The number of piperidine rings is 1. The number of H-pyrrole nitrogens is 1. The van der Waals surface area contributed by atoms with Gasteiger partial charge in [0.15, 0.2) is 0 Å². The van der Waals surface area contributed by atoms with E-state index in [1.165, 1.54) is 0 Å². The standard InChI is InChI=1S/C17H17Br2N3O3/c18-13-9-14(21-15(13)19)16(23)20-11-1-3-12(4-2-11)22-7-5-10(6-8-22)17(24)25/h1-4,9-10,21H,5-8H2,(H,20,23)(H,24,25). The fraction of sp³-hybridized carbons (Fsp3) is 0.294. The molecular weight excluding hydrogens is 454 g/mol. The minimum absolute atomic E-state index is 0.221. The van der Waals surface area contributed by atoms with Crippen molar-refractivity contribution in [2.75, 3.05) is 23.3 Å². The summed E-state index contributed by atoms with van der Waals surface area (Å²) in [5.74, 6) is -1.17. The first-order chi connectivity index (χ1) is 11.9. The van der Waals surface area contributed by atoms with Crippen LogP contribution in [-0.2, 0) is 4.79 Å². The summed E-state index contributed by atoms with van der Waals surface area (Å²) in [5.41, 5.74) is 2.20. The molecule has 8 heteroatoms. The number of halogens is 2. The molecule has 0 atom stereocenters. The van der Waals surface area contributed by atoms with Gasteiger partial charge in [-0.05, 0) is 75.0 Å². The van der Waals surface area contributed by atoms with Gasteiger partial charge < -0.3 is 20.3 Å². The number of carbonyl (C=O) groups is 2. The van der Waals surface area contributed by atoms with Crippen molar-refractivity contribution < 1.29 is 14.7 Å². The predicted octanol–water partition coefficient (Wildman–Crippen LogP) is 4.09. The van der Waals surface area contributed by atoms with Gasteiger partial charge in [-0.25, -0.2) is 0 Å². The van der Waals surface area contributed by atoms with Crippen LogP contribution in [0.5, 0.6) is 0 Å². The SMILES string of the molecule is O=C(Nc1ccc(N2CCC(C(=O)O)CC2)cc1)c1cc(Br)c(Br)[nH]1. The van der Waals surface area contributed by atoms with Crippen molar-refractivity contribution in [3.63, 3.8) is 0 Å². The molecule has 6 nitrogen and oxygen atoms in total. The molecule has 0 spiro atoms. The van der Waals surface area contributed by atoms with Crippen molar-refractivity contribution >= 4 is 55.1 Å². The quantitative estimate of drug-likeness (QED) is 0.628. The normalized spacial score (nSPS) is 15.2. The first-order valence-corrected chi connectivity index (χ1v) is 9.46. The van der Waals surface area contributed by atoms with Crippen molar-refractivity contribution in [2.45, 2.75) is 12.8 Å². The lowest BCUT2D eigenvalue weighted by molar-refractivity contribution is -0.142. The Morgan fingerprint density at radius 2 is 1.80 bits per heavy atom. The molecule has 1 amide bonds. The molecule has 2 aromatic rings. The molecule has 1 aromatic heterocycles. The Bertz CT molecular complexity index is 761. The van der Waals surface area contributed by atoms with E-state index in [0.717, 1.165) is 27.9 Å². The Morgan fingerprint density at radius 1 is 1.16 bits per heavy atom. The maximum Gasteiger partial charge on any atom is 0.306 e. The van der Waals surface area contributed by atoms with E-state index in [1.807, 2.05) is 24.3 Å². The van der Waals surface area contributed by atoms with E-state index in [0.29, 0.717) is 24.2 Å². The summed E-state index contributed by atoms with van der Waals surface area (Å²) in [6, 6.07) is 9.29. The van der Waals surface area contributed by atoms with Crippen LogP contribution in [-0.4, -0.2) is 35.1 Å². The van der Waals surface area contributed by atoms with Crippen LogP contribution in [0.15, 0.2) is 39.4 Å². The van der Waals surface area contributed by atoms with Gasteiger partial charge >= 0.3 is 5.97 Å². The van der Waals surface area contributed by atoms with Crippen molar-refractivity contribution in [1.29, 1.82) is 0 Å². The molecule has 132 valence electrons. The van der Waals surface area contributed by atoms with Crippen molar-refractivity contribution in [1.82, 2.24) is 4.98 Å². The van der Waals surface area contributed by atoms with Crippen molar-refractivity contribution in [3.8, 4) is 0 Å². The second kappa shape index (κ2) is 7.61. The first kappa shape index (κ1) is 18.0. The number of rotatable bonds is 4. The fourth-order valence-corrected chi connectivity index (χ4v) is 3.52. The second-order valence-corrected chi connectivity index (χ2v) is 7.59. The number of hydrogen-bond donors (Lipinski definition) is 3. The van der Waals surface area contributed by atoms with E-state index in [-0.39, 0.29) is 11.8 Å². The summed E-state index contributed by atoms with van der Waals surface area (Å²) in [5, 5.41) is 11.9. The summed E-state index contributed by atoms with van der Waals surface area (Å²) in [6.45, 7) is 1.46. The Balaban J connectivity index is 1.61. The number of nitrogens with one attached hydrogen (secondary N) is 2. The Kier molecular flexibility index (Phi) is 5.48. The lowest BCUT2D eigenvalue weighted by Crippen LogP contribution is -2.36. The minimum atomic E-state index is -0.708. The molecule has 0 radical (unpaired) electrons. The summed E-state index contributed by atoms with van der Waals surface area (Å²) in [6.07, 6.45) is 1.31. The number of hydrogen-bond acceptors (Lipinski definition) is 3. The lowest BCUT2D eigenvalue weighted by atomic mass is 9.97. The van der Waals surface area contributed by atoms with E-state index in [2.05, 4.69) is 47.1 Å². The van der Waals surface area contributed by atoms with Gasteiger partial charge in [0, 0.05) is 24.5 Å². The smallest absolute Gasteiger partial charge is 0.306 e. The maximum atomic E-state index is 12.2. The number of carboxylic acids is 1. The second-order valence-electron chi connectivity index (χ2n) is 5.95. The highest BCUT2D eigenvalue weighted by Crippen LogP contribution is 2.26. The molecule has 1 fully saturated rings. The molecule has 25 heavy (non-hydrogen) atoms. The van der Waals surface area contributed by atoms with Crippen LogP contribution in [0.2, 0.25) is 0 Å². The van der Waals surface area contributed by atoms with Gasteiger partial charge in [-0.2, -0.15) is 0 Å². The summed E-state index contributed by atoms with van der Waals surface area (Å²) in [4.78, 5) is 28.3. The molecule has 3 rings (SSSR count). The fourth-order valence-electron chi connectivity index (χ4n) is 2.87. The number of carbonyl (C=O) groups excluding carboxylic acids is 1. The third-order valence-corrected chi connectivity index (χ3v) is 6.09. The average molecular weight is 471 g/mol. The van der Waals surface area contributed by atoms with Crippen LogP contribution in [0.4, 0.5) is 11.4 Å². The third kappa shape index (κ3) is 4.24. The molecule has 0 aliphatic carbocycles. The lowest BCUT2D eigenvalue weighted by Gasteiger charge is -2.32. The maximum absolute atomic E-state index is 12.2. The van der Waals surface area contributed by atoms with Crippen LogP contribution in [0.1, 0.15) is 23.3 Å². The molecule has 1 saturated heterocycles. The molecule has 1 aliphatic heterocycles. The van der Waals surface area contributed by atoms with Gasteiger partial charge in [0.1, 0.15) is 5.69 Å². The van der Waals surface area contributed by atoms with Crippen LogP contribution in [0.3, 0.4) is 0 Å². The number of amides is 1. The van der Waals surface area contributed by atoms with E-state index in [1.54, 1.807) is 6.07 Å². The van der Waals surface area contributed by atoms with Gasteiger partial charge in [0.05, 0.1) is 15.0 Å². The molecule has 3 N–H and O–H groups in total. The van der Waals surface area contributed by atoms with Crippen LogP contribution < -0.4 is 10.2 Å². The monoisotopic (exact) mass is 469 g/mol. The Labute approximate surface area is 161 Å². The molecule has 1 aromatic carbocycles. The summed E-state index contributed by atoms with van der Waals surface area (Å²) < 4.78 is 1.51. The Morgan fingerprint density at radius 3 is 2.32 bits per heavy atom. The molecule has 0 saturated carbocycles. The molecular formula is C17H17Br2N3O3. The van der Waals surface area contributed by atoms with E-state index in [4.69, 9.17) is 5.11 Å². The third-order valence-electron chi connectivity index (χ3n) is 4.30. The van der Waals surface area contributed by atoms with Crippen LogP contribution in [0.25, 0.3) is 0 Å². The zero-order valence-electron chi connectivity index (χ0n) is 13.3. The molecule has 0 unspecified atom stereocenters. The first-order valence-electron chi connectivity index (χ1n) is 7.87. The topological polar surface area (TPSA) is 85.4 Å². The van der Waals surface area contributed by atoms with E-state index < -0.39 is 5.97 Å². The van der Waals surface area contributed by atoms with Gasteiger partial charge in [-0.3, -0.25) is 9.59 Å². The highest BCUT2D eigenvalue weighted by molar-refractivity contribution is 9.13. The average Bonchev–Trinajstić information content (AvgIpc) is 2.95. The summed E-state index contributed by atoms with van der Waals surface area (Å²) >= 11 is 6.65. The number of aromatic nitrogens is 1. The van der Waals surface area contributed by atoms with Crippen LogP contribution in [0, 0.1) is 5.92 Å². The van der Waals surface area contributed by atoms with Gasteiger partial charge in [-0.15, -0.1) is 0 Å². The van der Waals surface area contributed by atoms with Crippen molar-refractivity contribution in [2.24, 2.45) is 5.92 Å². The highest BCUT2D eigenvalue weighted by Gasteiger charge is 2.24. The van der Waals surface area contributed by atoms with E-state index >= 15 is 0 Å². The van der Waals surface area contributed by atoms with Gasteiger partial charge in [-0.1, -0.05) is 0 Å². The Hall–Kier alpha value is -1.80. The van der Waals surface area contributed by atoms with Gasteiger partial charge in [0.25, 0.3) is 5.91 Å².